The van der Waals surface area contributed by atoms with Gasteiger partial charge in [-0.25, -0.2) is 4.79 Å². The molecule has 0 radical (unpaired) electrons. The number of carboxylic acid groups (broad SMARTS) is 1. The van der Waals surface area contributed by atoms with E-state index in [1.165, 1.54) is 53.1 Å². The number of carbonyl (C=O) groups excluding carboxylic acids is 5. The summed E-state index contributed by atoms with van der Waals surface area (Å²) < 4.78 is 9.28. The number of aliphatic carboxylic acids is 1. The molecule has 2 aliphatic heterocycles. The molecule has 13 nitrogen and oxygen atoms in total. The zero-order valence-electron chi connectivity index (χ0n) is 22.4. The highest BCUT2D eigenvalue weighted by Gasteiger charge is 2.64. The Morgan fingerprint density at radius 3 is 2.17 bits per heavy atom. The first-order chi connectivity index (χ1) is 19.2. The van der Waals surface area contributed by atoms with E-state index in [1.54, 1.807) is 13.8 Å². The molecule has 2 saturated heterocycles. The number of nitrogens with one attached hydrogen (secondary N) is 2. The van der Waals surface area contributed by atoms with E-state index in [-0.39, 0.29) is 28.4 Å². The monoisotopic (exact) mass is 585 g/mol. The van der Waals surface area contributed by atoms with Crippen molar-refractivity contribution in [3.8, 4) is 17.2 Å². The number of carboxylic acids is 1. The minimum Gasteiger partial charge on any atom is -0.508 e. The molecule has 0 saturated carbocycles. The third kappa shape index (κ3) is 5.96. The van der Waals surface area contributed by atoms with Gasteiger partial charge in [0.2, 0.25) is 11.8 Å². The van der Waals surface area contributed by atoms with Crippen molar-refractivity contribution in [2.24, 2.45) is 0 Å². The molecular formula is C27H27N3O10S. The molecule has 2 fully saturated rings. The molecule has 216 valence electrons. The van der Waals surface area contributed by atoms with Crippen molar-refractivity contribution in [2.45, 2.75) is 55.9 Å². The number of benzene rings is 2. The van der Waals surface area contributed by atoms with E-state index < -0.39 is 63.9 Å². The number of carbonyl (C=O) groups is 6. The summed E-state index contributed by atoms with van der Waals surface area (Å²) in [4.78, 5) is 75.6. The van der Waals surface area contributed by atoms with E-state index in [0.29, 0.717) is 0 Å². The average molecular weight is 586 g/mol. The highest BCUT2D eigenvalue weighted by molar-refractivity contribution is 8.01. The van der Waals surface area contributed by atoms with Crippen LogP contribution >= 0.6 is 11.8 Å². The number of hydrogen-bond donors (Lipinski definition) is 4. The quantitative estimate of drug-likeness (QED) is 0.199. The fourth-order valence-corrected chi connectivity index (χ4v) is 6.31. The SMILES string of the molecule is CC(=O)Oc1ccc(C(=O)NC(C(=O)N[C@@H]2C(=O)N3[C@@H]2SC(C)(C)[C@@H]3C(=O)O)c2ccc(O)cc2)cc1OC(C)=O. The summed E-state index contributed by atoms with van der Waals surface area (Å²) in [6.07, 6.45) is 0. The summed E-state index contributed by atoms with van der Waals surface area (Å²) in [7, 11) is 0. The van der Waals surface area contributed by atoms with Gasteiger partial charge in [-0.1, -0.05) is 12.1 Å². The zero-order chi connectivity index (χ0) is 30.2. The lowest BCUT2D eigenvalue weighted by Crippen LogP contribution is -2.71. The van der Waals surface area contributed by atoms with Gasteiger partial charge in [-0.3, -0.25) is 24.0 Å². The van der Waals surface area contributed by atoms with Crippen LogP contribution in [-0.4, -0.2) is 72.9 Å². The first kappa shape index (κ1) is 29.4. The molecule has 0 bridgehead atoms. The predicted octanol–water partition coefficient (Wildman–Crippen LogP) is 1.35. The standard InChI is InChI=1S/C27H27N3O10S/c1-12(31)39-17-10-7-15(11-18(17)40-13(2)32)22(34)28-19(14-5-8-16(33)9-6-14)23(35)29-20-24(36)30-21(26(37)38)27(3,4)41-25(20)30/h5-11,19-21,25,33H,1-4H3,(H,28,34)(H,29,35)(H,37,38)/t19?,20-,21+,25-/m1/s1. The third-order valence-corrected chi connectivity index (χ3v) is 8.02. The molecule has 2 aliphatic rings. The van der Waals surface area contributed by atoms with Gasteiger partial charge < -0.3 is 35.2 Å². The topological polar surface area (TPSA) is 189 Å². The van der Waals surface area contributed by atoms with Crippen LogP contribution in [0, 0.1) is 0 Å². The first-order valence-corrected chi connectivity index (χ1v) is 13.2. The molecule has 14 heteroatoms. The van der Waals surface area contributed by atoms with Crippen molar-refractivity contribution >= 4 is 47.4 Å². The Balaban J connectivity index is 1.58. The molecule has 0 aromatic heterocycles. The van der Waals surface area contributed by atoms with E-state index in [4.69, 9.17) is 9.47 Å². The van der Waals surface area contributed by atoms with Gasteiger partial charge in [-0.2, -0.15) is 0 Å². The molecule has 0 spiro atoms. The summed E-state index contributed by atoms with van der Waals surface area (Å²) in [5, 5.41) is 23.9. The number of hydrogen-bond acceptors (Lipinski definition) is 10. The summed E-state index contributed by atoms with van der Waals surface area (Å²) in [6, 6.07) is 5.75. The Labute approximate surface area is 238 Å². The van der Waals surface area contributed by atoms with Crippen molar-refractivity contribution in [1.29, 1.82) is 0 Å². The van der Waals surface area contributed by atoms with E-state index in [0.717, 1.165) is 19.9 Å². The van der Waals surface area contributed by atoms with Gasteiger partial charge in [-0.05, 0) is 49.7 Å². The van der Waals surface area contributed by atoms with Crippen LogP contribution in [0.2, 0.25) is 0 Å². The first-order valence-electron chi connectivity index (χ1n) is 12.3. The fraction of sp³-hybridized carbons (Fsp3) is 0.333. The number of rotatable bonds is 8. The molecule has 2 heterocycles. The van der Waals surface area contributed by atoms with Crippen molar-refractivity contribution in [1.82, 2.24) is 15.5 Å². The summed E-state index contributed by atoms with van der Waals surface area (Å²) in [5.41, 5.74) is 0.230. The Hall–Kier alpha value is -4.59. The minimum absolute atomic E-state index is 0.0444. The molecule has 2 aromatic carbocycles. The minimum atomic E-state index is -1.34. The lowest BCUT2D eigenvalue weighted by Gasteiger charge is -2.44. The second-order valence-electron chi connectivity index (χ2n) is 9.93. The summed E-state index contributed by atoms with van der Waals surface area (Å²) >= 11 is 1.25. The number of phenols is 1. The molecule has 1 unspecified atom stereocenters. The second-order valence-corrected chi connectivity index (χ2v) is 11.7. The highest BCUT2D eigenvalue weighted by atomic mass is 32.2. The Morgan fingerprint density at radius 2 is 1.59 bits per heavy atom. The molecule has 4 atom stereocenters. The largest absolute Gasteiger partial charge is 0.508 e. The van der Waals surface area contributed by atoms with Crippen LogP contribution in [0.5, 0.6) is 17.2 Å². The van der Waals surface area contributed by atoms with Crippen LogP contribution in [0.15, 0.2) is 42.5 Å². The number of amides is 3. The number of phenolic OH excluding ortho intramolecular Hbond substituents is 1. The van der Waals surface area contributed by atoms with Crippen LogP contribution in [0.1, 0.15) is 49.7 Å². The van der Waals surface area contributed by atoms with Crippen LogP contribution < -0.4 is 20.1 Å². The normalized spacial score (nSPS) is 21.1. The molecule has 4 N–H and O–H groups in total. The molecule has 3 amide bonds. The van der Waals surface area contributed by atoms with Crippen molar-refractivity contribution in [2.75, 3.05) is 0 Å². The lowest BCUT2D eigenvalue weighted by atomic mass is 9.95. The van der Waals surface area contributed by atoms with Crippen molar-refractivity contribution in [3.05, 3.63) is 53.6 Å². The average Bonchev–Trinajstić information content (AvgIpc) is 3.14. The Morgan fingerprint density at radius 1 is 0.976 bits per heavy atom. The number of β-lactam (4-membered cyclic amide) rings is 1. The molecule has 4 rings (SSSR count). The van der Waals surface area contributed by atoms with E-state index in [9.17, 15) is 39.0 Å². The Bertz CT molecular complexity index is 1440. The van der Waals surface area contributed by atoms with Crippen LogP contribution in [0.25, 0.3) is 0 Å². The molecule has 0 aliphatic carbocycles. The Kier molecular flexibility index (Phi) is 7.97. The van der Waals surface area contributed by atoms with Crippen LogP contribution in [-0.2, 0) is 24.0 Å². The van der Waals surface area contributed by atoms with E-state index in [2.05, 4.69) is 10.6 Å². The zero-order valence-corrected chi connectivity index (χ0v) is 23.2. The summed E-state index contributed by atoms with van der Waals surface area (Å²) in [6.45, 7) is 5.69. The van der Waals surface area contributed by atoms with Gasteiger partial charge >= 0.3 is 17.9 Å². The second kappa shape index (κ2) is 11.1. The number of thioether (sulfide) groups is 1. The number of aromatic hydroxyl groups is 1. The summed E-state index contributed by atoms with van der Waals surface area (Å²) in [5.74, 6) is -5.01. The fourth-order valence-electron chi connectivity index (χ4n) is 4.69. The lowest BCUT2D eigenvalue weighted by molar-refractivity contribution is -0.161. The van der Waals surface area contributed by atoms with Crippen LogP contribution in [0.3, 0.4) is 0 Å². The number of ether oxygens (including phenoxy) is 2. The number of fused-ring (bicyclic) bond motifs is 1. The molecular weight excluding hydrogens is 558 g/mol. The predicted molar refractivity (Wildman–Crippen MR) is 143 cm³/mol. The van der Waals surface area contributed by atoms with Gasteiger partial charge in [0.15, 0.2) is 11.5 Å². The highest BCUT2D eigenvalue weighted by Crippen LogP contribution is 2.50. The van der Waals surface area contributed by atoms with E-state index >= 15 is 0 Å². The van der Waals surface area contributed by atoms with Gasteiger partial charge in [0.1, 0.15) is 29.2 Å². The van der Waals surface area contributed by atoms with Gasteiger partial charge in [-0.15, -0.1) is 11.8 Å². The maximum atomic E-state index is 13.5. The van der Waals surface area contributed by atoms with E-state index in [1.807, 2.05) is 0 Å². The smallest absolute Gasteiger partial charge is 0.327 e. The maximum absolute atomic E-state index is 13.5. The number of esters is 2. The van der Waals surface area contributed by atoms with Gasteiger partial charge in [0, 0.05) is 24.2 Å². The molecule has 2 aromatic rings. The van der Waals surface area contributed by atoms with Gasteiger partial charge in [0.25, 0.3) is 5.91 Å². The van der Waals surface area contributed by atoms with Gasteiger partial charge in [0.05, 0.1) is 0 Å². The number of nitrogens with zero attached hydrogens (tertiary/aromatic N) is 1. The molecule has 41 heavy (non-hydrogen) atoms. The third-order valence-electron chi connectivity index (χ3n) is 6.45. The van der Waals surface area contributed by atoms with Crippen molar-refractivity contribution < 1.29 is 48.5 Å². The van der Waals surface area contributed by atoms with Crippen molar-refractivity contribution in [3.63, 3.8) is 0 Å². The van der Waals surface area contributed by atoms with Crippen LogP contribution in [0.4, 0.5) is 0 Å². The maximum Gasteiger partial charge on any atom is 0.327 e.